The van der Waals surface area contributed by atoms with Crippen molar-refractivity contribution in [3.8, 4) is 0 Å². The van der Waals surface area contributed by atoms with Gasteiger partial charge in [0.15, 0.2) is 0 Å². The van der Waals surface area contributed by atoms with Crippen LogP contribution in [0.25, 0.3) is 21.8 Å². The number of amides is 1. The summed E-state index contributed by atoms with van der Waals surface area (Å²) in [5, 5.41) is 8.93. The van der Waals surface area contributed by atoms with Crippen molar-refractivity contribution in [2.45, 2.75) is 32.4 Å². The zero-order chi connectivity index (χ0) is 19.0. The molecule has 1 aliphatic heterocycles. The Morgan fingerprint density at radius 3 is 2.93 bits per heavy atom. The summed E-state index contributed by atoms with van der Waals surface area (Å²) in [7, 11) is 1.63. The molecule has 2 aromatic heterocycles. The van der Waals surface area contributed by atoms with Crippen molar-refractivity contribution in [2.75, 3.05) is 19.6 Å². The van der Waals surface area contributed by atoms with Crippen LogP contribution < -0.4 is 10.9 Å². The van der Waals surface area contributed by atoms with E-state index >= 15 is 0 Å². The monoisotopic (exact) mass is 367 g/mol. The lowest BCUT2D eigenvalue weighted by Crippen LogP contribution is -2.41. The third-order valence-electron chi connectivity index (χ3n) is 5.61. The first kappa shape index (κ1) is 17.7. The van der Waals surface area contributed by atoms with Gasteiger partial charge in [-0.1, -0.05) is 25.1 Å². The minimum Gasteiger partial charge on any atom is -0.353 e. The lowest BCUT2D eigenvalue weighted by Gasteiger charge is -2.23. The van der Waals surface area contributed by atoms with Crippen molar-refractivity contribution in [3.05, 3.63) is 40.8 Å². The zero-order valence-corrected chi connectivity index (χ0v) is 15.8. The number of para-hydroxylation sites is 1. The number of carbonyl (C=O) groups excluding carboxylic acids is 1. The quantitative estimate of drug-likeness (QED) is 0.742. The Hall–Kier alpha value is -2.67. The zero-order valence-electron chi connectivity index (χ0n) is 15.8. The number of nitrogens with one attached hydrogen (secondary N) is 1. The van der Waals surface area contributed by atoms with E-state index in [1.165, 1.54) is 11.1 Å². The van der Waals surface area contributed by atoms with Crippen molar-refractivity contribution in [3.63, 3.8) is 0 Å². The maximum Gasteiger partial charge on any atom is 0.291 e. The molecule has 0 spiro atoms. The molecule has 7 heteroatoms. The molecule has 1 N–H and O–H groups in total. The van der Waals surface area contributed by atoms with Crippen LogP contribution in [0.4, 0.5) is 0 Å². The molecule has 142 valence electrons. The maximum absolute atomic E-state index is 12.7. The standard InChI is InChI=1S/C20H25N5O2/c1-3-24-10-6-7-14(24)11-21-18(26)13-25-17-9-5-4-8-15(17)16-12-22-23(2)20(27)19(16)25/h4-5,8-9,12,14H,3,6-7,10-11,13H2,1-2H3,(H,21,26). The van der Waals surface area contributed by atoms with Gasteiger partial charge in [0, 0.05) is 35.9 Å². The van der Waals surface area contributed by atoms with Crippen LogP contribution in [0.15, 0.2) is 35.3 Å². The van der Waals surface area contributed by atoms with Crippen LogP contribution in [0.1, 0.15) is 19.8 Å². The van der Waals surface area contributed by atoms with Crippen LogP contribution in [-0.4, -0.2) is 50.8 Å². The Morgan fingerprint density at radius 1 is 1.30 bits per heavy atom. The molecule has 0 saturated carbocycles. The van der Waals surface area contributed by atoms with Gasteiger partial charge in [-0.2, -0.15) is 5.10 Å². The van der Waals surface area contributed by atoms with Gasteiger partial charge in [0.1, 0.15) is 12.1 Å². The number of aromatic nitrogens is 3. The summed E-state index contributed by atoms with van der Waals surface area (Å²) in [4.78, 5) is 27.8. The van der Waals surface area contributed by atoms with Gasteiger partial charge < -0.3 is 9.88 Å². The number of likely N-dealkylation sites (N-methyl/N-ethyl adjacent to an activating group) is 1. The first-order chi connectivity index (χ1) is 13.1. The average Bonchev–Trinajstić information content (AvgIpc) is 3.26. The topological polar surface area (TPSA) is 72.2 Å². The van der Waals surface area contributed by atoms with Gasteiger partial charge in [-0.25, -0.2) is 4.68 Å². The fourth-order valence-electron chi connectivity index (χ4n) is 4.18. The van der Waals surface area contributed by atoms with Gasteiger partial charge in [0.2, 0.25) is 5.91 Å². The highest BCUT2D eigenvalue weighted by Crippen LogP contribution is 2.26. The van der Waals surface area contributed by atoms with Crippen LogP contribution >= 0.6 is 0 Å². The Labute approximate surface area is 157 Å². The second-order valence-electron chi connectivity index (χ2n) is 7.17. The second kappa shape index (κ2) is 7.15. The number of carbonyl (C=O) groups is 1. The van der Waals surface area contributed by atoms with E-state index in [4.69, 9.17) is 0 Å². The number of rotatable bonds is 5. The molecular formula is C20H25N5O2. The molecule has 0 bridgehead atoms. The summed E-state index contributed by atoms with van der Waals surface area (Å²) < 4.78 is 3.13. The minimum absolute atomic E-state index is 0.0699. The molecule has 1 amide bonds. The molecule has 1 saturated heterocycles. The molecule has 3 aromatic rings. The molecule has 1 aromatic carbocycles. The van der Waals surface area contributed by atoms with E-state index in [0.29, 0.717) is 18.1 Å². The van der Waals surface area contributed by atoms with Crippen LogP contribution in [0, 0.1) is 0 Å². The van der Waals surface area contributed by atoms with Crippen LogP contribution in [0.2, 0.25) is 0 Å². The number of nitrogens with zero attached hydrogens (tertiary/aromatic N) is 4. The van der Waals surface area contributed by atoms with Crippen LogP contribution in [-0.2, 0) is 18.4 Å². The van der Waals surface area contributed by atoms with Crippen LogP contribution in [0.5, 0.6) is 0 Å². The summed E-state index contributed by atoms with van der Waals surface area (Å²) >= 11 is 0. The second-order valence-corrected chi connectivity index (χ2v) is 7.17. The van der Waals surface area contributed by atoms with E-state index in [2.05, 4.69) is 22.2 Å². The smallest absolute Gasteiger partial charge is 0.291 e. The van der Waals surface area contributed by atoms with Crippen molar-refractivity contribution in [2.24, 2.45) is 7.05 Å². The number of aryl methyl sites for hydroxylation is 1. The molecule has 1 unspecified atom stereocenters. The normalized spacial score (nSPS) is 17.8. The molecule has 1 aliphatic rings. The summed E-state index contributed by atoms with van der Waals surface area (Å²) in [5.41, 5.74) is 1.22. The summed E-state index contributed by atoms with van der Waals surface area (Å²) in [5.74, 6) is -0.0699. The Kier molecular flexibility index (Phi) is 4.70. The third-order valence-corrected chi connectivity index (χ3v) is 5.61. The van der Waals surface area contributed by atoms with Crippen molar-refractivity contribution >= 4 is 27.7 Å². The minimum atomic E-state index is -0.190. The maximum atomic E-state index is 12.7. The number of benzene rings is 1. The van der Waals surface area contributed by atoms with E-state index in [0.717, 1.165) is 35.8 Å². The molecular weight excluding hydrogens is 342 g/mol. The number of fused-ring (bicyclic) bond motifs is 3. The highest BCUT2D eigenvalue weighted by Gasteiger charge is 2.23. The SMILES string of the molecule is CCN1CCCC1CNC(=O)Cn1c2ccccc2c2cnn(C)c(=O)c21. The highest BCUT2D eigenvalue weighted by atomic mass is 16.2. The van der Waals surface area contributed by atoms with E-state index < -0.39 is 0 Å². The van der Waals surface area contributed by atoms with Crippen molar-refractivity contribution < 1.29 is 4.79 Å². The Bertz CT molecular complexity index is 1050. The first-order valence-electron chi connectivity index (χ1n) is 9.54. The molecule has 0 radical (unpaired) electrons. The van der Waals surface area contributed by atoms with Crippen molar-refractivity contribution in [1.82, 2.24) is 24.6 Å². The van der Waals surface area contributed by atoms with E-state index in [9.17, 15) is 9.59 Å². The summed E-state index contributed by atoms with van der Waals surface area (Å²) in [6.45, 7) is 5.05. The largest absolute Gasteiger partial charge is 0.353 e. The average molecular weight is 367 g/mol. The molecule has 0 aliphatic carbocycles. The fourth-order valence-corrected chi connectivity index (χ4v) is 4.18. The Morgan fingerprint density at radius 2 is 2.11 bits per heavy atom. The van der Waals surface area contributed by atoms with Gasteiger partial charge in [0.05, 0.1) is 6.20 Å². The van der Waals surface area contributed by atoms with Crippen molar-refractivity contribution in [1.29, 1.82) is 0 Å². The first-order valence-corrected chi connectivity index (χ1v) is 9.54. The summed E-state index contributed by atoms with van der Waals surface area (Å²) in [6, 6.07) is 8.17. The molecule has 1 atom stereocenters. The lowest BCUT2D eigenvalue weighted by molar-refractivity contribution is -0.121. The molecule has 4 rings (SSSR count). The van der Waals surface area contributed by atoms with Gasteiger partial charge in [-0.05, 0) is 32.0 Å². The number of hydrogen-bond acceptors (Lipinski definition) is 4. The van der Waals surface area contributed by atoms with E-state index in [-0.39, 0.29) is 18.0 Å². The molecule has 3 heterocycles. The molecule has 7 nitrogen and oxygen atoms in total. The van der Waals surface area contributed by atoms with Gasteiger partial charge in [-0.15, -0.1) is 0 Å². The summed E-state index contributed by atoms with van der Waals surface area (Å²) in [6.07, 6.45) is 4.01. The van der Waals surface area contributed by atoms with Gasteiger partial charge in [0.25, 0.3) is 5.56 Å². The highest BCUT2D eigenvalue weighted by molar-refractivity contribution is 6.07. The van der Waals surface area contributed by atoms with E-state index in [1.54, 1.807) is 13.2 Å². The predicted molar refractivity (Wildman–Crippen MR) is 106 cm³/mol. The van der Waals surface area contributed by atoms with Gasteiger partial charge in [-0.3, -0.25) is 14.5 Å². The molecule has 1 fully saturated rings. The Balaban J connectivity index is 1.63. The number of likely N-dealkylation sites (tertiary alicyclic amines) is 1. The lowest BCUT2D eigenvalue weighted by atomic mass is 10.2. The number of hydrogen-bond donors (Lipinski definition) is 1. The third kappa shape index (κ3) is 3.12. The fraction of sp³-hybridized carbons (Fsp3) is 0.450. The molecule has 27 heavy (non-hydrogen) atoms. The predicted octanol–water partition coefficient (Wildman–Crippen LogP) is 1.49. The van der Waals surface area contributed by atoms with E-state index in [1.807, 2.05) is 28.8 Å². The van der Waals surface area contributed by atoms with Crippen LogP contribution in [0.3, 0.4) is 0 Å². The van der Waals surface area contributed by atoms with Gasteiger partial charge >= 0.3 is 0 Å².